The lowest BCUT2D eigenvalue weighted by Crippen LogP contribution is -2.40. The maximum absolute atomic E-state index is 5.46. The topological polar surface area (TPSA) is 44.5 Å². The minimum absolute atomic E-state index is 0.759. The fraction of sp³-hybridized carbons (Fsp3) is 0.812. The number of aromatic nitrogens is 1. The number of nitrogens with one attached hydrogen (secondary N) is 1. The van der Waals surface area contributed by atoms with Crippen LogP contribution >= 0.6 is 0 Å². The van der Waals surface area contributed by atoms with E-state index in [-0.39, 0.29) is 0 Å². The third-order valence-electron chi connectivity index (χ3n) is 4.70. The maximum Gasteiger partial charge on any atom is 0.151 e. The van der Waals surface area contributed by atoms with Gasteiger partial charge in [-0.15, -0.1) is 0 Å². The third-order valence-corrected chi connectivity index (χ3v) is 4.70. The average molecular weight is 292 g/mol. The van der Waals surface area contributed by atoms with E-state index in [0.717, 1.165) is 37.1 Å². The van der Waals surface area contributed by atoms with E-state index in [2.05, 4.69) is 33.3 Å². The predicted octanol–water partition coefficient (Wildman–Crippen LogP) is 1.84. The summed E-state index contributed by atoms with van der Waals surface area (Å²) in [4.78, 5) is 5.21. The third kappa shape index (κ3) is 4.05. The fourth-order valence-corrected chi connectivity index (χ4v) is 3.52. The van der Waals surface area contributed by atoms with Crippen molar-refractivity contribution >= 4 is 0 Å². The summed E-state index contributed by atoms with van der Waals surface area (Å²) in [5.74, 6) is 1.00. The first-order chi connectivity index (χ1) is 10.3. The van der Waals surface area contributed by atoms with Crippen molar-refractivity contribution in [3.63, 3.8) is 0 Å². The standard InChI is InChI=1S/C16H28N4O/c1-2-17-11-14-10-16(21-18-14)13-19-9-6-15(12-19)20-7-4-3-5-8-20/h10,15,17H,2-9,11-13H2,1H3. The van der Waals surface area contributed by atoms with Crippen molar-refractivity contribution in [2.45, 2.75) is 51.7 Å². The zero-order valence-corrected chi connectivity index (χ0v) is 13.2. The molecule has 1 unspecified atom stereocenters. The molecule has 5 nitrogen and oxygen atoms in total. The highest BCUT2D eigenvalue weighted by Crippen LogP contribution is 2.21. The second-order valence-electron chi connectivity index (χ2n) is 6.34. The molecule has 2 saturated heterocycles. The van der Waals surface area contributed by atoms with Crippen LogP contribution in [0.15, 0.2) is 10.6 Å². The van der Waals surface area contributed by atoms with E-state index in [1.807, 2.05) is 0 Å². The molecule has 1 aromatic heterocycles. The van der Waals surface area contributed by atoms with Gasteiger partial charge in [0.25, 0.3) is 0 Å². The predicted molar refractivity (Wildman–Crippen MR) is 83.0 cm³/mol. The molecular formula is C16H28N4O. The molecular weight excluding hydrogens is 264 g/mol. The summed E-state index contributed by atoms with van der Waals surface area (Å²) in [5.41, 5.74) is 1.01. The number of hydrogen-bond acceptors (Lipinski definition) is 5. The Labute approximate surface area is 127 Å². The lowest BCUT2D eigenvalue weighted by atomic mass is 10.1. The number of piperidine rings is 1. The van der Waals surface area contributed by atoms with Gasteiger partial charge in [-0.05, 0) is 38.9 Å². The van der Waals surface area contributed by atoms with Crippen LogP contribution < -0.4 is 5.32 Å². The maximum atomic E-state index is 5.46. The van der Waals surface area contributed by atoms with Gasteiger partial charge in [0.2, 0.25) is 0 Å². The van der Waals surface area contributed by atoms with Gasteiger partial charge in [0.15, 0.2) is 5.76 Å². The highest BCUT2D eigenvalue weighted by molar-refractivity contribution is 5.05. The van der Waals surface area contributed by atoms with Gasteiger partial charge in [-0.2, -0.15) is 0 Å². The van der Waals surface area contributed by atoms with Crippen LogP contribution in [0, 0.1) is 0 Å². The molecule has 1 N–H and O–H groups in total. The van der Waals surface area contributed by atoms with E-state index < -0.39 is 0 Å². The molecule has 0 bridgehead atoms. The fourth-order valence-electron chi connectivity index (χ4n) is 3.52. The average Bonchev–Trinajstić information content (AvgIpc) is 3.16. The van der Waals surface area contributed by atoms with Crippen LogP contribution in [0.5, 0.6) is 0 Å². The van der Waals surface area contributed by atoms with Crippen molar-refractivity contribution in [2.75, 3.05) is 32.7 Å². The van der Waals surface area contributed by atoms with Crippen molar-refractivity contribution in [2.24, 2.45) is 0 Å². The van der Waals surface area contributed by atoms with Crippen molar-refractivity contribution in [1.29, 1.82) is 0 Å². The van der Waals surface area contributed by atoms with Gasteiger partial charge in [0.05, 0.1) is 12.2 Å². The molecule has 0 radical (unpaired) electrons. The lowest BCUT2D eigenvalue weighted by Gasteiger charge is -2.32. The first kappa shape index (κ1) is 15.0. The zero-order chi connectivity index (χ0) is 14.5. The van der Waals surface area contributed by atoms with Crippen LogP contribution in [0.2, 0.25) is 0 Å². The molecule has 2 aliphatic heterocycles. The van der Waals surface area contributed by atoms with Gasteiger partial charge >= 0.3 is 0 Å². The van der Waals surface area contributed by atoms with Gasteiger partial charge in [0, 0.05) is 31.7 Å². The monoisotopic (exact) mass is 292 g/mol. The molecule has 5 heteroatoms. The largest absolute Gasteiger partial charge is 0.360 e. The molecule has 0 saturated carbocycles. The Balaban J connectivity index is 1.46. The number of rotatable bonds is 6. The van der Waals surface area contributed by atoms with E-state index in [0.29, 0.717) is 0 Å². The minimum Gasteiger partial charge on any atom is -0.360 e. The molecule has 3 rings (SSSR count). The summed E-state index contributed by atoms with van der Waals surface area (Å²) in [7, 11) is 0. The van der Waals surface area contributed by atoms with Crippen LogP contribution in [-0.2, 0) is 13.1 Å². The van der Waals surface area contributed by atoms with Gasteiger partial charge in [0.1, 0.15) is 0 Å². The van der Waals surface area contributed by atoms with Crippen molar-refractivity contribution in [1.82, 2.24) is 20.3 Å². The molecule has 118 valence electrons. The Kier molecular flexibility index (Phi) is 5.27. The summed E-state index contributed by atoms with van der Waals surface area (Å²) in [6, 6.07) is 2.85. The smallest absolute Gasteiger partial charge is 0.151 e. The molecule has 1 aromatic rings. The molecule has 1 atom stereocenters. The van der Waals surface area contributed by atoms with Crippen molar-refractivity contribution in [3.05, 3.63) is 17.5 Å². The summed E-state index contributed by atoms with van der Waals surface area (Å²) in [6.07, 6.45) is 5.48. The highest BCUT2D eigenvalue weighted by atomic mass is 16.5. The van der Waals surface area contributed by atoms with Crippen LogP contribution in [0.4, 0.5) is 0 Å². The first-order valence-corrected chi connectivity index (χ1v) is 8.46. The second-order valence-corrected chi connectivity index (χ2v) is 6.34. The molecule has 3 heterocycles. The van der Waals surface area contributed by atoms with Crippen LogP contribution in [-0.4, -0.2) is 53.7 Å². The number of likely N-dealkylation sites (tertiary alicyclic amines) is 2. The summed E-state index contributed by atoms with van der Waals surface area (Å²) in [6.45, 7) is 9.74. The number of hydrogen-bond donors (Lipinski definition) is 1. The zero-order valence-electron chi connectivity index (χ0n) is 13.2. The Morgan fingerprint density at radius 2 is 2.14 bits per heavy atom. The van der Waals surface area contributed by atoms with Gasteiger partial charge in [-0.25, -0.2) is 0 Å². The number of nitrogens with zero attached hydrogens (tertiary/aromatic N) is 3. The SMILES string of the molecule is CCNCc1cc(CN2CCC(N3CCCCC3)C2)on1. The summed E-state index contributed by atoms with van der Waals surface area (Å²) >= 11 is 0. The van der Waals surface area contributed by atoms with Gasteiger partial charge in [-0.1, -0.05) is 18.5 Å². The van der Waals surface area contributed by atoms with Gasteiger partial charge < -0.3 is 9.84 Å². The summed E-state index contributed by atoms with van der Waals surface area (Å²) < 4.78 is 5.46. The normalized spacial score (nSPS) is 24.7. The molecule has 0 aliphatic carbocycles. The van der Waals surface area contributed by atoms with E-state index in [9.17, 15) is 0 Å². The van der Waals surface area contributed by atoms with Gasteiger partial charge in [-0.3, -0.25) is 9.80 Å². The van der Waals surface area contributed by atoms with E-state index in [1.54, 1.807) is 0 Å². The second kappa shape index (κ2) is 7.38. The lowest BCUT2D eigenvalue weighted by molar-refractivity contribution is 0.159. The van der Waals surface area contributed by atoms with E-state index >= 15 is 0 Å². The molecule has 2 fully saturated rings. The molecule has 0 amide bonds. The highest BCUT2D eigenvalue weighted by Gasteiger charge is 2.28. The Hall–Kier alpha value is -0.910. The van der Waals surface area contributed by atoms with Crippen molar-refractivity contribution < 1.29 is 4.52 Å². The molecule has 0 aromatic carbocycles. The Morgan fingerprint density at radius 1 is 1.29 bits per heavy atom. The van der Waals surface area contributed by atoms with E-state index in [4.69, 9.17) is 4.52 Å². The van der Waals surface area contributed by atoms with Crippen LogP contribution in [0.25, 0.3) is 0 Å². The van der Waals surface area contributed by atoms with E-state index in [1.165, 1.54) is 51.9 Å². The van der Waals surface area contributed by atoms with Crippen molar-refractivity contribution in [3.8, 4) is 0 Å². The molecule has 2 aliphatic rings. The Bertz CT molecular complexity index is 428. The van der Waals surface area contributed by atoms with Crippen LogP contribution in [0.1, 0.15) is 44.1 Å². The minimum atomic E-state index is 0.759. The van der Waals surface area contributed by atoms with Crippen LogP contribution in [0.3, 0.4) is 0 Å². The summed E-state index contributed by atoms with van der Waals surface area (Å²) in [5, 5.41) is 7.41. The quantitative estimate of drug-likeness (QED) is 0.867. The molecule has 21 heavy (non-hydrogen) atoms. The first-order valence-electron chi connectivity index (χ1n) is 8.46. The Morgan fingerprint density at radius 3 is 2.95 bits per heavy atom. The molecule has 0 spiro atoms.